The first kappa shape index (κ1) is 12.4. The summed E-state index contributed by atoms with van der Waals surface area (Å²) in [4.78, 5) is 0.662. The first-order valence-electron chi connectivity index (χ1n) is 4.88. The van der Waals surface area contributed by atoms with Crippen LogP contribution in [0.25, 0.3) is 0 Å². The van der Waals surface area contributed by atoms with Crippen LogP contribution in [0.15, 0.2) is 29.2 Å². The lowest BCUT2D eigenvalue weighted by Crippen LogP contribution is -2.35. The summed E-state index contributed by atoms with van der Waals surface area (Å²) in [5, 5.41) is 8.64. The van der Waals surface area contributed by atoms with Gasteiger partial charge in [-0.15, -0.1) is 0 Å². The van der Waals surface area contributed by atoms with Crippen molar-refractivity contribution in [2.75, 3.05) is 0 Å². The van der Waals surface area contributed by atoms with Gasteiger partial charge in [-0.2, -0.15) is 0 Å². The van der Waals surface area contributed by atoms with Crippen LogP contribution in [0.3, 0.4) is 0 Å². The second-order valence-electron chi connectivity index (χ2n) is 4.54. The molecule has 0 aliphatic carbocycles. The number of nitrogens with one attached hydrogen (secondary N) is 1. The van der Waals surface area contributed by atoms with Crippen molar-refractivity contribution in [3.05, 3.63) is 29.8 Å². The highest BCUT2D eigenvalue weighted by molar-refractivity contribution is 7.82. The van der Waals surface area contributed by atoms with Crippen molar-refractivity contribution in [1.82, 2.24) is 5.32 Å². The van der Waals surface area contributed by atoms with Crippen LogP contribution >= 0.6 is 0 Å². The Balaban J connectivity index is 2.61. The second-order valence-corrected chi connectivity index (χ2v) is 5.61. The van der Waals surface area contributed by atoms with Crippen LogP contribution in [-0.4, -0.2) is 9.75 Å². The standard InChI is InChI=1S/C11H18N2OS/c1-11(2,3)13-8-9-4-6-10(7-5-9)15(12)14/h4-7,13H,8,12H2,1-3H3. The molecule has 1 unspecified atom stereocenters. The summed E-state index contributed by atoms with van der Waals surface area (Å²) in [6.45, 7) is 7.17. The molecule has 0 fully saturated rings. The number of nitrogens with two attached hydrogens (primary N) is 1. The van der Waals surface area contributed by atoms with Crippen molar-refractivity contribution >= 4 is 11.0 Å². The summed E-state index contributed by atoms with van der Waals surface area (Å²) in [7, 11) is -1.38. The van der Waals surface area contributed by atoms with E-state index < -0.39 is 11.0 Å². The number of hydrogen-bond acceptors (Lipinski definition) is 2. The van der Waals surface area contributed by atoms with Crippen LogP contribution in [0.1, 0.15) is 26.3 Å². The van der Waals surface area contributed by atoms with Gasteiger partial charge in [0.25, 0.3) is 0 Å². The Kier molecular flexibility index (Phi) is 4.02. The molecule has 4 heteroatoms. The molecule has 1 rings (SSSR count). The van der Waals surface area contributed by atoms with Gasteiger partial charge in [0.05, 0.1) is 4.90 Å². The van der Waals surface area contributed by atoms with Crippen LogP contribution in [0.5, 0.6) is 0 Å². The van der Waals surface area contributed by atoms with Crippen LogP contribution in [0.4, 0.5) is 0 Å². The highest BCUT2D eigenvalue weighted by Gasteiger charge is 2.08. The van der Waals surface area contributed by atoms with Crippen molar-refractivity contribution < 1.29 is 4.21 Å². The molecule has 0 aliphatic heterocycles. The van der Waals surface area contributed by atoms with Gasteiger partial charge in [0.1, 0.15) is 11.0 Å². The minimum atomic E-state index is -1.38. The van der Waals surface area contributed by atoms with E-state index in [4.69, 9.17) is 5.14 Å². The Labute approximate surface area is 93.7 Å². The molecule has 0 saturated carbocycles. The fourth-order valence-corrected chi connectivity index (χ4v) is 1.51. The maximum atomic E-state index is 10.9. The summed E-state index contributed by atoms with van der Waals surface area (Å²) in [5.41, 5.74) is 1.27. The Morgan fingerprint density at radius 2 is 1.80 bits per heavy atom. The topological polar surface area (TPSA) is 55.1 Å². The van der Waals surface area contributed by atoms with Gasteiger partial charge in [-0.3, -0.25) is 0 Å². The Bertz CT molecular complexity index is 341. The molecule has 3 N–H and O–H groups in total. The minimum absolute atomic E-state index is 0.107. The highest BCUT2D eigenvalue weighted by atomic mass is 32.2. The third-order valence-corrected chi connectivity index (χ3v) is 2.72. The summed E-state index contributed by atoms with van der Waals surface area (Å²) >= 11 is 0. The Morgan fingerprint density at radius 1 is 1.27 bits per heavy atom. The number of hydrogen-bond donors (Lipinski definition) is 2. The first-order valence-corrected chi connectivity index (χ1v) is 6.10. The molecule has 0 aliphatic rings. The van der Waals surface area contributed by atoms with Crippen molar-refractivity contribution in [1.29, 1.82) is 0 Å². The molecule has 0 aromatic heterocycles. The predicted octanol–water partition coefficient (Wildman–Crippen LogP) is 1.56. The largest absolute Gasteiger partial charge is 0.308 e. The fourth-order valence-electron chi connectivity index (χ4n) is 1.11. The van der Waals surface area contributed by atoms with Crippen LogP contribution in [0, 0.1) is 0 Å². The smallest absolute Gasteiger partial charge is 0.122 e. The van der Waals surface area contributed by atoms with Crippen LogP contribution in [0.2, 0.25) is 0 Å². The van der Waals surface area contributed by atoms with E-state index in [2.05, 4.69) is 26.1 Å². The summed E-state index contributed by atoms with van der Waals surface area (Å²) in [6.07, 6.45) is 0. The summed E-state index contributed by atoms with van der Waals surface area (Å²) in [6, 6.07) is 7.49. The van der Waals surface area contributed by atoms with E-state index in [1.807, 2.05) is 12.1 Å². The van der Waals surface area contributed by atoms with E-state index >= 15 is 0 Å². The van der Waals surface area contributed by atoms with Crippen LogP contribution < -0.4 is 10.5 Å². The highest BCUT2D eigenvalue weighted by Crippen LogP contribution is 2.08. The van der Waals surface area contributed by atoms with E-state index in [1.165, 1.54) is 5.56 Å². The Hall–Kier alpha value is -0.710. The fraction of sp³-hybridized carbons (Fsp3) is 0.455. The molecular weight excluding hydrogens is 208 g/mol. The lowest BCUT2D eigenvalue weighted by molar-refractivity contribution is 0.424. The first-order chi connectivity index (χ1) is 6.88. The van der Waals surface area contributed by atoms with E-state index in [0.717, 1.165) is 6.54 Å². The summed E-state index contributed by atoms with van der Waals surface area (Å²) in [5.74, 6) is 0. The number of rotatable bonds is 3. The van der Waals surface area contributed by atoms with Crippen molar-refractivity contribution in [2.24, 2.45) is 5.14 Å². The van der Waals surface area contributed by atoms with Gasteiger partial charge in [-0.05, 0) is 38.5 Å². The molecular formula is C11H18N2OS. The third-order valence-electron chi connectivity index (χ3n) is 1.98. The third kappa shape index (κ3) is 4.55. The minimum Gasteiger partial charge on any atom is -0.308 e. The maximum absolute atomic E-state index is 10.9. The molecule has 84 valence electrons. The normalized spacial score (nSPS) is 13.9. The van der Waals surface area contributed by atoms with Gasteiger partial charge in [0.2, 0.25) is 0 Å². The van der Waals surface area contributed by atoms with E-state index in [0.29, 0.717) is 4.90 Å². The second kappa shape index (κ2) is 4.88. The zero-order chi connectivity index (χ0) is 11.5. The molecule has 0 saturated heterocycles. The number of benzene rings is 1. The van der Waals surface area contributed by atoms with E-state index in [1.54, 1.807) is 12.1 Å². The molecule has 0 spiro atoms. The zero-order valence-corrected chi connectivity index (χ0v) is 10.2. The molecule has 1 aromatic carbocycles. The van der Waals surface area contributed by atoms with E-state index in [-0.39, 0.29) is 5.54 Å². The predicted molar refractivity (Wildman–Crippen MR) is 63.6 cm³/mol. The SMILES string of the molecule is CC(C)(C)NCc1ccc(S(N)=O)cc1. The lowest BCUT2D eigenvalue weighted by atomic mass is 10.1. The van der Waals surface area contributed by atoms with Gasteiger partial charge in [-0.1, -0.05) is 12.1 Å². The molecule has 0 bridgehead atoms. The van der Waals surface area contributed by atoms with E-state index in [9.17, 15) is 4.21 Å². The molecule has 0 amide bonds. The molecule has 1 atom stereocenters. The average Bonchev–Trinajstić information content (AvgIpc) is 2.14. The average molecular weight is 226 g/mol. The zero-order valence-electron chi connectivity index (χ0n) is 9.41. The summed E-state index contributed by atoms with van der Waals surface area (Å²) < 4.78 is 10.9. The Morgan fingerprint density at radius 3 is 2.20 bits per heavy atom. The quantitative estimate of drug-likeness (QED) is 0.821. The van der Waals surface area contributed by atoms with Gasteiger partial charge in [0.15, 0.2) is 0 Å². The van der Waals surface area contributed by atoms with Crippen molar-refractivity contribution in [3.8, 4) is 0 Å². The van der Waals surface area contributed by atoms with Gasteiger partial charge in [0, 0.05) is 12.1 Å². The lowest BCUT2D eigenvalue weighted by Gasteiger charge is -2.20. The van der Waals surface area contributed by atoms with Crippen molar-refractivity contribution in [3.63, 3.8) is 0 Å². The molecule has 1 aromatic rings. The van der Waals surface area contributed by atoms with Gasteiger partial charge < -0.3 is 5.32 Å². The van der Waals surface area contributed by atoms with Gasteiger partial charge in [-0.25, -0.2) is 9.35 Å². The maximum Gasteiger partial charge on any atom is 0.122 e. The molecule has 15 heavy (non-hydrogen) atoms. The van der Waals surface area contributed by atoms with Crippen LogP contribution in [-0.2, 0) is 17.5 Å². The monoisotopic (exact) mass is 226 g/mol. The van der Waals surface area contributed by atoms with Crippen molar-refractivity contribution in [2.45, 2.75) is 37.8 Å². The molecule has 3 nitrogen and oxygen atoms in total. The molecule has 0 radical (unpaired) electrons. The molecule has 0 heterocycles. The van der Waals surface area contributed by atoms with Gasteiger partial charge >= 0.3 is 0 Å².